The summed E-state index contributed by atoms with van der Waals surface area (Å²) in [6.45, 7) is 2.17. The van der Waals surface area contributed by atoms with Crippen molar-refractivity contribution in [2.75, 3.05) is 5.73 Å². The van der Waals surface area contributed by atoms with E-state index in [0.29, 0.717) is 11.5 Å². The number of nitrogen functional groups attached to an aromatic ring is 1. The van der Waals surface area contributed by atoms with E-state index < -0.39 is 5.97 Å². The molecule has 0 amide bonds. The van der Waals surface area contributed by atoms with E-state index in [0.717, 1.165) is 6.42 Å². The van der Waals surface area contributed by atoms with Crippen molar-refractivity contribution in [3.63, 3.8) is 0 Å². The Labute approximate surface area is 124 Å². The lowest BCUT2D eigenvalue weighted by atomic mass is 10.1. The highest BCUT2D eigenvalue weighted by atomic mass is 16.5. The first-order chi connectivity index (χ1) is 10.1. The number of carboxylic acid groups (broad SMARTS) is 1. The standard InChI is InChI=1S/C17H19NO3/c1-2-3-4-12-5-7-13(8-6-12)21-14-9-10-15(17(19)20)16(18)11-14/h5-11H,2-4,18H2,1H3,(H,19,20). The van der Waals surface area contributed by atoms with Crippen LogP contribution in [-0.4, -0.2) is 11.1 Å². The number of carboxylic acids is 1. The summed E-state index contributed by atoms with van der Waals surface area (Å²) in [7, 11) is 0. The van der Waals surface area contributed by atoms with Crippen LogP contribution in [0.15, 0.2) is 42.5 Å². The molecular weight excluding hydrogens is 266 g/mol. The van der Waals surface area contributed by atoms with E-state index in [1.54, 1.807) is 6.07 Å². The Morgan fingerprint density at radius 3 is 2.38 bits per heavy atom. The topological polar surface area (TPSA) is 72.5 Å². The molecule has 0 unspecified atom stereocenters. The van der Waals surface area contributed by atoms with Gasteiger partial charge in [-0.05, 0) is 42.7 Å². The Bertz CT molecular complexity index is 620. The molecule has 0 saturated heterocycles. The Hall–Kier alpha value is -2.49. The zero-order chi connectivity index (χ0) is 15.2. The van der Waals surface area contributed by atoms with Crippen molar-refractivity contribution in [1.29, 1.82) is 0 Å². The smallest absolute Gasteiger partial charge is 0.337 e. The van der Waals surface area contributed by atoms with Gasteiger partial charge in [-0.15, -0.1) is 0 Å². The molecule has 0 spiro atoms. The summed E-state index contributed by atoms with van der Waals surface area (Å²) in [4.78, 5) is 10.9. The van der Waals surface area contributed by atoms with E-state index in [-0.39, 0.29) is 11.3 Å². The van der Waals surface area contributed by atoms with Crippen molar-refractivity contribution in [3.8, 4) is 11.5 Å². The van der Waals surface area contributed by atoms with Crippen LogP contribution < -0.4 is 10.5 Å². The average Bonchev–Trinajstić information content (AvgIpc) is 2.46. The molecule has 3 N–H and O–H groups in total. The van der Waals surface area contributed by atoms with E-state index in [2.05, 4.69) is 6.92 Å². The zero-order valence-electron chi connectivity index (χ0n) is 12.0. The number of unbranched alkanes of at least 4 members (excludes halogenated alkanes) is 1. The molecule has 2 aromatic rings. The molecule has 0 aliphatic carbocycles. The van der Waals surface area contributed by atoms with Crippen molar-refractivity contribution < 1.29 is 14.6 Å². The van der Waals surface area contributed by atoms with Crippen molar-refractivity contribution in [2.24, 2.45) is 0 Å². The summed E-state index contributed by atoms with van der Waals surface area (Å²) in [5.74, 6) is 0.191. The maximum atomic E-state index is 10.9. The van der Waals surface area contributed by atoms with E-state index >= 15 is 0 Å². The van der Waals surface area contributed by atoms with Gasteiger partial charge in [-0.3, -0.25) is 0 Å². The molecule has 0 heterocycles. The molecule has 0 aliphatic rings. The molecule has 0 radical (unpaired) electrons. The third kappa shape index (κ3) is 3.99. The van der Waals surface area contributed by atoms with Gasteiger partial charge in [-0.1, -0.05) is 25.5 Å². The Morgan fingerprint density at radius 2 is 1.81 bits per heavy atom. The minimum absolute atomic E-state index is 0.0808. The molecule has 2 rings (SSSR count). The van der Waals surface area contributed by atoms with Crippen LogP contribution >= 0.6 is 0 Å². The summed E-state index contributed by atoms with van der Waals surface area (Å²) in [5, 5.41) is 8.93. The van der Waals surface area contributed by atoms with Gasteiger partial charge in [0.25, 0.3) is 0 Å². The highest BCUT2D eigenvalue weighted by Gasteiger charge is 2.08. The molecule has 0 bridgehead atoms. The van der Waals surface area contributed by atoms with Crippen molar-refractivity contribution in [2.45, 2.75) is 26.2 Å². The fourth-order valence-electron chi connectivity index (χ4n) is 2.04. The van der Waals surface area contributed by atoms with Gasteiger partial charge in [0, 0.05) is 11.8 Å². The lowest BCUT2D eigenvalue weighted by Gasteiger charge is -2.08. The Kier molecular flexibility index (Phi) is 4.82. The second kappa shape index (κ2) is 6.79. The van der Waals surface area contributed by atoms with Crippen LogP contribution in [0.25, 0.3) is 0 Å². The van der Waals surface area contributed by atoms with Crippen LogP contribution in [0.3, 0.4) is 0 Å². The average molecular weight is 285 g/mol. The number of carbonyl (C=O) groups is 1. The molecule has 110 valence electrons. The molecular formula is C17H19NO3. The molecule has 2 aromatic carbocycles. The number of hydrogen-bond donors (Lipinski definition) is 2. The van der Waals surface area contributed by atoms with Gasteiger partial charge in [-0.2, -0.15) is 0 Å². The maximum Gasteiger partial charge on any atom is 0.337 e. The van der Waals surface area contributed by atoms with Gasteiger partial charge >= 0.3 is 5.97 Å². The fraction of sp³-hybridized carbons (Fsp3) is 0.235. The highest BCUT2D eigenvalue weighted by Crippen LogP contribution is 2.25. The summed E-state index contributed by atoms with van der Waals surface area (Å²) in [6, 6.07) is 12.5. The number of ether oxygens (including phenoxy) is 1. The SMILES string of the molecule is CCCCc1ccc(Oc2ccc(C(=O)O)c(N)c2)cc1. The third-order valence-electron chi connectivity index (χ3n) is 3.23. The van der Waals surface area contributed by atoms with Crippen LogP contribution in [-0.2, 0) is 6.42 Å². The Balaban J connectivity index is 2.07. The van der Waals surface area contributed by atoms with E-state index in [1.807, 2.05) is 24.3 Å². The summed E-state index contributed by atoms with van der Waals surface area (Å²) in [6.07, 6.45) is 3.41. The minimum atomic E-state index is -1.04. The molecule has 21 heavy (non-hydrogen) atoms. The molecule has 0 atom stereocenters. The normalized spacial score (nSPS) is 10.3. The predicted octanol–water partition coefficient (Wildman–Crippen LogP) is 4.10. The molecule has 0 saturated carbocycles. The number of aromatic carboxylic acids is 1. The largest absolute Gasteiger partial charge is 0.478 e. The molecule has 0 aromatic heterocycles. The summed E-state index contributed by atoms with van der Waals surface area (Å²) >= 11 is 0. The predicted molar refractivity (Wildman–Crippen MR) is 82.9 cm³/mol. The third-order valence-corrected chi connectivity index (χ3v) is 3.23. The second-order valence-electron chi connectivity index (χ2n) is 4.90. The van der Waals surface area contributed by atoms with Crippen LogP contribution in [0.4, 0.5) is 5.69 Å². The van der Waals surface area contributed by atoms with Gasteiger partial charge in [0.15, 0.2) is 0 Å². The van der Waals surface area contributed by atoms with Gasteiger partial charge < -0.3 is 15.6 Å². The van der Waals surface area contributed by atoms with E-state index in [9.17, 15) is 4.79 Å². The van der Waals surface area contributed by atoms with Gasteiger partial charge in [0.1, 0.15) is 11.5 Å². The second-order valence-corrected chi connectivity index (χ2v) is 4.90. The zero-order valence-corrected chi connectivity index (χ0v) is 12.0. The number of rotatable bonds is 6. The Morgan fingerprint density at radius 1 is 1.14 bits per heavy atom. The molecule has 4 heteroatoms. The van der Waals surface area contributed by atoms with Crippen LogP contribution in [0.5, 0.6) is 11.5 Å². The highest BCUT2D eigenvalue weighted by molar-refractivity contribution is 5.93. The van der Waals surface area contributed by atoms with Crippen LogP contribution in [0.1, 0.15) is 35.7 Å². The molecule has 0 fully saturated rings. The lowest BCUT2D eigenvalue weighted by Crippen LogP contribution is -2.02. The summed E-state index contributed by atoms with van der Waals surface area (Å²) < 4.78 is 5.68. The monoisotopic (exact) mass is 285 g/mol. The minimum Gasteiger partial charge on any atom is -0.478 e. The lowest BCUT2D eigenvalue weighted by molar-refractivity contribution is 0.0698. The van der Waals surface area contributed by atoms with Crippen LogP contribution in [0.2, 0.25) is 0 Å². The van der Waals surface area contributed by atoms with Gasteiger partial charge in [0.05, 0.1) is 5.56 Å². The van der Waals surface area contributed by atoms with Crippen LogP contribution in [0, 0.1) is 0 Å². The fourth-order valence-corrected chi connectivity index (χ4v) is 2.04. The first-order valence-electron chi connectivity index (χ1n) is 6.99. The van der Waals surface area contributed by atoms with E-state index in [1.165, 1.54) is 30.5 Å². The number of aryl methyl sites for hydroxylation is 1. The maximum absolute atomic E-state index is 10.9. The number of anilines is 1. The van der Waals surface area contributed by atoms with Crippen molar-refractivity contribution >= 4 is 11.7 Å². The molecule has 4 nitrogen and oxygen atoms in total. The first kappa shape index (κ1) is 14.9. The number of hydrogen-bond acceptors (Lipinski definition) is 3. The van der Waals surface area contributed by atoms with Crippen molar-refractivity contribution in [1.82, 2.24) is 0 Å². The number of benzene rings is 2. The van der Waals surface area contributed by atoms with Crippen molar-refractivity contribution in [3.05, 3.63) is 53.6 Å². The van der Waals surface area contributed by atoms with E-state index in [4.69, 9.17) is 15.6 Å². The van der Waals surface area contributed by atoms with Gasteiger partial charge in [-0.25, -0.2) is 4.79 Å². The number of nitrogens with two attached hydrogens (primary N) is 1. The first-order valence-corrected chi connectivity index (χ1v) is 6.99. The molecule has 0 aliphatic heterocycles. The van der Waals surface area contributed by atoms with Gasteiger partial charge in [0.2, 0.25) is 0 Å². The summed E-state index contributed by atoms with van der Waals surface area (Å²) in [5.41, 5.74) is 7.25. The quantitative estimate of drug-likeness (QED) is 0.784.